The van der Waals surface area contributed by atoms with E-state index < -0.39 is 32.9 Å². The molecule has 0 aliphatic heterocycles. The molecule has 172 valence electrons. The van der Waals surface area contributed by atoms with E-state index in [1.807, 2.05) is 0 Å². The summed E-state index contributed by atoms with van der Waals surface area (Å²) in [6.45, 7) is 2.23. The monoisotopic (exact) mass is 452 g/mol. The Balaban J connectivity index is 0.00000240. The number of benzene rings is 1. The molecule has 1 aromatic rings. The van der Waals surface area contributed by atoms with Crippen LogP contribution in [0.3, 0.4) is 0 Å². The largest absolute Gasteiger partial charge is 0.432 e. The number of ether oxygens (including phenoxy) is 1. The van der Waals surface area contributed by atoms with Crippen molar-refractivity contribution < 1.29 is 35.8 Å². The Labute approximate surface area is 169 Å². The molecule has 2 saturated carbocycles. The van der Waals surface area contributed by atoms with E-state index in [1.165, 1.54) is 12.8 Å². The van der Waals surface area contributed by atoms with Crippen LogP contribution in [0.15, 0.2) is 29.2 Å². The second-order valence-electron chi connectivity index (χ2n) is 8.74. The maximum Gasteiger partial charge on any atom is 0.400 e. The molecule has 29 heavy (non-hydrogen) atoms. The van der Waals surface area contributed by atoms with Crippen molar-refractivity contribution in [1.82, 2.24) is 0 Å². The average Bonchev–Trinajstić information content (AvgIpc) is 2.61. The van der Waals surface area contributed by atoms with Crippen LogP contribution in [0.25, 0.3) is 0 Å². The van der Waals surface area contributed by atoms with E-state index in [4.69, 9.17) is 0 Å². The first-order valence-electron chi connectivity index (χ1n) is 10.0. The second kappa shape index (κ2) is 6.95. The van der Waals surface area contributed by atoms with Crippen LogP contribution in [0.4, 0.5) is 28.2 Å². The fraction of sp³-hybridized carbons (Fsp3) is 0.700. The molecule has 0 amide bonds. The normalized spacial score (nSPS) is 31.6. The van der Waals surface area contributed by atoms with Crippen LogP contribution >= 0.6 is 10.2 Å². The first kappa shape index (κ1) is 22.6. The van der Waals surface area contributed by atoms with Crippen molar-refractivity contribution in [1.29, 1.82) is 0 Å². The van der Waals surface area contributed by atoms with Crippen molar-refractivity contribution in [3.63, 3.8) is 0 Å². The molecule has 1 aromatic carbocycles. The molecule has 0 spiro atoms. The molecule has 2 aliphatic carbocycles. The van der Waals surface area contributed by atoms with Gasteiger partial charge < -0.3 is 4.74 Å². The Bertz CT molecular complexity index is 712. The van der Waals surface area contributed by atoms with Crippen molar-refractivity contribution in [2.24, 2.45) is 23.7 Å². The second-order valence-corrected chi connectivity index (χ2v) is 11.1. The third-order valence-electron chi connectivity index (χ3n) is 6.50. The summed E-state index contributed by atoms with van der Waals surface area (Å²) >= 11 is 0. The van der Waals surface area contributed by atoms with Crippen LogP contribution in [-0.2, 0) is 0 Å². The Morgan fingerprint density at radius 3 is 1.69 bits per heavy atom. The highest BCUT2D eigenvalue weighted by molar-refractivity contribution is 8.45. The number of hydrogen-bond donors (Lipinski definition) is 0. The van der Waals surface area contributed by atoms with Gasteiger partial charge in [0, 0.05) is 2.85 Å². The van der Waals surface area contributed by atoms with E-state index in [2.05, 4.69) is 11.7 Å². The molecule has 1 nitrogen and oxygen atoms in total. The van der Waals surface area contributed by atoms with E-state index in [9.17, 15) is 28.2 Å². The lowest BCUT2D eigenvalue weighted by Gasteiger charge is -2.40. The number of rotatable bonds is 5. The molecule has 0 atom stereocenters. The van der Waals surface area contributed by atoms with Gasteiger partial charge in [0.05, 0.1) is 5.92 Å². The Morgan fingerprint density at radius 1 is 0.793 bits per heavy atom. The van der Waals surface area contributed by atoms with E-state index >= 15 is 0 Å². The van der Waals surface area contributed by atoms with E-state index in [0.29, 0.717) is 36.8 Å². The molecule has 2 fully saturated rings. The van der Waals surface area contributed by atoms with Gasteiger partial charge in [-0.05, 0) is 80.5 Å². The zero-order chi connectivity index (χ0) is 21.6. The minimum absolute atomic E-state index is 0. The summed E-state index contributed by atoms with van der Waals surface area (Å²) in [5.74, 6) is 0.166. The molecule has 0 aromatic heterocycles. The fourth-order valence-corrected chi connectivity index (χ4v) is 5.34. The molecule has 0 saturated heterocycles. The van der Waals surface area contributed by atoms with Crippen LogP contribution in [0, 0.1) is 23.7 Å². The molecule has 0 N–H and O–H groups in total. The smallest absolute Gasteiger partial charge is 0.400 e. The zero-order valence-electron chi connectivity index (χ0n) is 16.2. The molecule has 0 bridgehead atoms. The molecular formula is C20H31F7OS. The average molecular weight is 453 g/mol. The van der Waals surface area contributed by atoms with Gasteiger partial charge in [-0.2, -0.15) is 8.78 Å². The summed E-state index contributed by atoms with van der Waals surface area (Å²) in [5.41, 5.74) is 0. The molecule has 3 rings (SSSR count). The topological polar surface area (TPSA) is 9.23 Å². The van der Waals surface area contributed by atoms with Crippen molar-refractivity contribution in [2.45, 2.75) is 69.3 Å². The van der Waals surface area contributed by atoms with Gasteiger partial charge in [0.1, 0.15) is 10.6 Å². The summed E-state index contributed by atoms with van der Waals surface area (Å²) in [4.78, 5) is -2.12. The highest BCUT2D eigenvalue weighted by Gasteiger charge is 2.65. The van der Waals surface area contributed by atoms with Gasteiger partial charge in [0.25, 0.3) is 0 Å². The van der Waals surface area contributed by atoms with Crippen molar-refractivity contribution in [3.8, 4) is 5.75 Å². The maximum absolute atomic E-state index is 14.5. The lowest BCUT2D eigenvalue weighted by atomic mass is 9.69. The minimum Gasteiger partial charge on any atom is -0.432 e. The Morgan fingerprint density at radius 2 is 1.24 bits per heavy atom. The summed E-state index contributed by atoms with van der Waals surface area (Å²) in [7, 11) is -9.83. The molecule has 2 aliphatic rings. The van der Waals surface area contributed by atoms with E-state index in [-0.39, 0.29) is 27.8 Å². The van der Waals surface area contributed by atoms with Gasteiger partial charge in [-0.25, -0.2) is 0 Å². The molecule has 9 heteroatoms. The lowest BCUT2D eigenvalue weighted by Crippen LogP contribution is -2.38. The molecular weight excluding hydrogens is 421 g/mol. The first-order valence-corrected chi connectivity index (χ1v) is 12.0. The van der Waals surface area contributed by atoms with Crippen LogP contribution in [0.5, 0.6) is 5.75 Å². The van der Waals surface area contributed by atoms with Gasteiger partial charge in [-0.15, -0.1) is 0 Å². The Hall–Kier alpha value is -1.12. The van der Waals surface area contributed by atoms with Crippen molar-refractivity contribution in [3.05, 3.63) is 24.3 Å². The predicted octanol–water partition coefficient (Wildman–Crippen LogP) is 9.44. The number of halogens is 7. The first-order chi connectivity index (χ1) is 13.1. The van der Waals surface area contributed by atoms with E-state index in [1.54, 1.807) is 0 Å². The SMILES string of the molecule is CC1CCC(C2CCC(C(F)(F)Oc3ccc(S(F)(F)(F)(F)F)cc3)CC2)CC1.[HH].[HH]. The van der Waals surface area contributed by atoms with Gasteiger partial charge >= 0.3 is 16.3 Å². The highest BCUT2D eigenvalue weighted by atomic mass is 32.5. The van der Waals surface area contributed by atoms with Gasteiger partial charge in [-0.3, -0.25) is 0 Å². The predicted molar refractivity (Wildman–Crippen MR) is 104 cm³/mol. The van der Waals surface area contributed by atoms with Gasteiger partial charge in [0.15, 0.2) is 0 Å². The summed E-state index contributed by atoms with van der Waals surface area (Å²) in [5, 5.41) is 0. The fourth-order valence-electron chi connectivity index (χ4n) is 4.69. The maximum atomic E-state index is 14.5. The van der Waals surface area contributed by atoms with Gasteiger partial charge in [0.2, 0.25) is 0 Å². The Kier molecular flexibility index (Phi) is 5.41. The van der Waals surface area contributed by atoms with Crippen LogP contribution in [0.2, 0.25) is 0 Å². The minimum atomic E-state index is -9.83. The molecule has 0 radical (unpaired) electrons. The third-order valence-corrected chi connectivity index (χ3v) is 7.66. The number of alkyl halides is 2. The molecule has 0 heterocycles. The quantitative estimate of drug-likeness (QED) is 0.404. The summed E-state index contributed by atoms with van der Waals surface area (Å²) < 4.78 is 97.3. The van der Waals surface area contributed by atoms with Crippen LogP contribution in [-0.4, -0.2) is 6.11 Å². The van der Waals surface area contributed by atoms with Crippen molar-refractivity contribution >= 4 is 10.2 Å². The highest BCUT2D eigenvalue weighted by Crippen LogP contribution is 3.02. The van der Waals surface area contributed by atoms with Gasteiger partial charge in [-0.1, -0.05) is 39.2 Å². The lowest BCUT2D eigenvalue weighted by molar-refractivity contribution is -0.224. The molecule has 0 unspecified atom stereocenters. The van der Waals surface area contributed by atoms with Crippen LogP contribution < -0.4 is 4.74 Å². The zero-order valence-corrected chi connectivity index (χ0v) is 17.1. The van der Waals surface area contributed by atoms with Crippen LogP contribution in [0.1, 0.15) is 61.1 Å². The summed E-state index contributed by atoms with van der Waals surface area (Å²) in [6.07, 6.45) is 3.03. The van der Waals surface area contributed by atoms with Crippen molar-refractivity contribution in [2.75, 3.05) is 0 Å². The number of hydrogen-bond acceptors (Lipinski definition) is 1. The third kappa shape index (κ3) is 5.73. The standard InChI is InChI=1S/C20H27F7OS.2H2/c1-14-2-4-15(5-3-14)16-6-8-17(9-7-16)20(21,22)28-18-10-12-19(13-11-18)29(23,24,25,26)27;;/h10-17H,2-9H2,1H3;2*1H. The summed E-state index contributed by atoms with van der Waals surface area (Å²) in [6, 6.07) is 1.23. The van der Waals surface area contributed by atoms with E-state index in [0.717, 1.165) is 18.8 Å².